The lowest BCUT2D eigenvalue weighted by molar-refractivity contribution is -0.139. The van der Waals surface area contributed by atoms with E-state index in [1.54, 1.807) is 18.2 Å². The average Bonchev–Trinajstić information content (AvgIpc) is 3.43. The van der Waals surface area contributed by atoms with Gasteiger partial charge in [0.1, 0.15) is 0 Å². The zero-order chi connectivity index (χ0) is 16.8. The fraction of sp³-hybridized carbons (Fsp3) is 0.400. The lowest BCUT2D eigenvalue weighted by atomic mass is 9.95. The van der Waals surface area contributed by atoms with Crippen LogP contribution in [0, 0.1) is 5.92 Å². The number of ether oxygens (including phenoxy) is 1. The quantitative estimate of drug-likeness (QED) is 0.495. The molecule has 0 saturated heterocycles. The first-order chi connectivity index (χ1) is 11.7. The van der Waals surface area contributed by atoms with Gasteiger partial charge in [0, 0.05) is 17.7 Å². The molecule has 24 heavy (non-hydrogen) atoms. The molecular formula is C20H23NO3. The van der Waals surface area contributed by atoms with E-state index < -0.39 is 0 Å². The van der Waals surface area contributed by atoms with Crippen molar-refractivity contribution in [2.24, 2.45) is 5.92 Å². The van der Waals surface area contributed by atoms with Gasteiger partial charge in [0.2, 0.25) is 0 Å². The summed E-state index contributed by atoms with van der Waals surface area (Å²) in [5, 5.41) is 2.95. The van der Waals surface area contributed by atoms with Crippen LogP contribution in [0.5, 0.6) is 0 Å². The van der Waals surface area contributed by atoms with E-state index in [1.807, 2.05) is 12.1 Å². The Kier molecular flexibility index (Phi) is 5.47. The molecule has 1 atom stereocenters. The molecule has 1 saturated carbocycles. The molecule has 0 heterocycles. The number of hydrogen-bond acceptors (Lipinski definition) is 3. The topological polar surface area (TPSA) is 55.4 Å². The molecule has 1 fully saturated rings. The van der Waals surface area contributed by atoms with Crippen LogP contribution in [-0.2, 0) is 9.53 Å². The highest BCUT2D eigenvalue weighted by Gasteiger charge is 2.23. The fourth-order valence-corrected chi connectivity index (χ4v) is 2.66. The Morgan fingerprint density at radius 1 is 1.12 bits per heavy atom. The van der Waals surface area contributed by atoms with E-state index in [0.717, 1.165) is 37.7 Å². The van der Waals surface area contributed by atoms with Crippen LogP contribution in [0.3, 0.4) is 0 Å². The molecule has 4 nitrogen and oxygen atoms in total. The number of carbonyl (C=O) groups is 2. The van der Waals surface area contributed by atoms with Gasteiger partial charge in [-0.2, -0.15) is 0 Å². The third-order valence-electron chi connectivity index (χ3n) is 4.34. The van der Waals surface area contributed by atoms with Crippen LogP contribution in [0.25, 0.3) is 6.08 Å². The van der Waals surface area contributed by atoms with Crippen LogP contribution in [0.1, 0.15) is 48.0 Å². The van der Waals surface area contributed by atoms with E-state index >= 15 is 0 Å². The Morgan fingerprint density at radius 2 is 1.92 bits per heavy atom. The second-order valence-corrected chi connectivity index (χ2v) is 6.48. The SMILES string of the molecule is O=C(/C=C/c1ccc(C(=O)NC2CC2)cc1)OCC1CC=CCC1. The highest BCUT2D eigenvalue weighted by Crippen LogP contribution is 2.20. The number of benzene rings is 1. The number of esters is 1. The number of carbonyl (C=O) groups excluding carboxylic acids is 2. The van der Waals surface area contributed by atoms with Gasteiger partial charge in [-0.25, -0.2) is 4.79 Å². The first kappa shape index (κ1) is 16.5. The van der Waals surface area contributed by atoms with Crippen LogP contribution in [0.15, 0.2) is 42.5 Å². The monoisotopic (exact) mass is 325 g/mol. The Labute approximate surface area is 142 Å². The number of amides is 1. The molecule has 1 N–H and O–H groups in total. The van der Waals surface area contributed by atoms with Gasteiger partial charge in [-0.15, -0.1) is 0 Å². The standard InChI is InChI=1S/C20H23NO3/c22-19(24-14-16-4-2-1-3-5-16)13-8-15-6-9-17(10-7-15)20(23)21-18-11-12-18/h1-2,6-10,13,16,18H,3-5,11-12,14H2,(H,21,23)/b13-8+. The smallest absolute Gasteiger partial charge is 0.330 e. The first-order valence-corrected chi connectivity index (χ1v) is 8.61. The van der Waals surface area contributed by atoms with Crippen LogP contribution in [-0.4, -0.2) is 24.5 Å². The van der Waals surface area contributed by atoms with Gasteiger partial charge in [-0.1, -0.05) is 24.3 Å². The summed E-state index contributed by atoms with van der Waals surface area (Å²) >= 11 is 0. The predicted molar refractivity (Wildman–Crippen MR) is 93.4 cm³/mol. The molecule has 0 spiro atoms. The summed E-state index contributed by atoms with van der Waals surface area (Å²) in [4.78, 5) is 23.7. The molecule has 3 rings (SSSR count). The largest absolute Gasteiger partial charge is 0.462 e. The Balaban J connectivity index is 1.45. The minimum absolute atomic E-state index is 0.0334. The molecule has 0 aromatic heterocycles. The minimum atomic E-state index is -0.319. The zero-order valence-electron chi connectivity index (χ0n) is 13.7. The molecule has 4 heteroatoms. The van der Waals surface area contributed by atoms with Gasteiger partial charge in [0.15, 0.2) is 0 Å². The summed E-state index contributed by atoms with van der Waals surface area (Å²) < 4.78 is 5.29. The van der Waals surface area contributed by atoms with E-state index in [0.29, 0.717) is 24.1 Å². The molecule has 0 aliphatic heterocycles. The molecule has 0 bridgehead atoms. The summed E-state index contributed by atoms with van der Waals surface area (Å²) in [5.74, 6) is 0.0886. The maximum atomic E-state index is 11.9. The predicted octanol–water partition coefficient (Wildman–Crippen LogP) is 3.49. The number of rotatable bonds is 6. The molecule has 1 aromatic carbocycles. The van der Waals surface area contributed by atoms with Gasteiger partial charge in [-0.3, -0.25) is 4.79 Å². The molecule has 1 amide bonds. The highest BCUT2D eigenvalue weighted by atomic mass is 16.5. The molecule has 2 aliphatic rings. The molecular weight excluding hydrogens is 302 g/mol. The maximum Gasteiger partial charge on any atom is 0.330 e. The van der Waals surface area contributed by atoms with Gasteiger partial charge in [-0.05, 0) is 61.8 Å². The van der Waals surface area contributed by atoms with Gasteiger partial charge in [0.05, 0.1) is 6.61 Å². The van der Waals surface area contributed by atoms with Crippen molar-refractivity contribution in [2.75, 3.05) is 6.61 Å². The van der Waals surface area contributed by atoms with Crippen molar-refractivity contribution >= 4 is 18.0 Å². The lowest BCUT2D eigenvalue weighted by Gasteiger charge is -2.16. The second kappa shape index (κ2) is 7.95. The first-order valence-electron chi connectivity index (χ1n) is 8.61. The molecule has 126 valence electrons. The highest BCUT2D eigenvalue weighted by molar-refractivity contribution is 5.95. The fourth-order valence-electron chi connectivity index (χ4n) is 2.66. The van der Waals surface area contributed by atoms with Crippen molar-refractivity contribution < 1.29 is 14.3 Å². The van der Waals surface area contributed by atoms with Crippen molar-refractivity contribution in [3.63, 3.8) is 0 Å². The summed E-state index contributed by atoms with van der Waals surface area (Å²) in [6.45, 7) is 0.480. The van der Waals surface area contributed by atoms with E-state index in [4.69, 9.17) is 4.74 Å². The minimum Gasteiger partial charge on any atom is -0.462 e. The van der Waals surface area contributed by atoms with Crippen LogP contribution in [0.2, 0.25) is 0 Å². The number of hydrogen-bond donors (Lipinski definition) is 1. The van der Waals surface area contributed by atoms with Gasteiger partial charge in [0.25, 0.3) is 5.91 Å². The van der Waals surface area contributed by atoms with Crippen LogP contribution in [0.4, 0.5) is 0 Å². The van der Waals surface area contributed by atoms with Crippen LogP contribution >= 0.6 is 0 Å². The van der Waals surface area contributed by atoms with E-state index in [2.05, 4.69) is 17.5 Å². The van der Waals surface area contributed by atoms with E-state index in [9.17, 15) is 9.59 Å². The summed E-state index contributed by atoms with van der Waals surface area (Å²) in [6.07, 6.45) is 12.8. The number of allylic oxidation sites excluding steroid dienone is 2. The molecule has 2 aliphatic carbocycles. The second-order valence-electron chi connectivity index (χ2n) is 6.48. The third-order valence-corrected chi connectivity index (χ3v) is 4.34. The molecule has 0 radical (unpaired) electrons. The zero-order valence-corrected chi connectivity index (χ0v) is 13.7. The lowest BCUT2D eigenvalue weighted by Crippen LogP contribution is -2.25. The normalized spacial score (nSPS) is 20.1. The van der Waals surface area contributed by atoms with E-state index in [-0.39, 0.29) is 11.9 Å². The van der Waals surface area contributed by atoms with Crippen molar-refractivity contribution in [2.45, 2.75) is 38.1 Å². The van der Waals surface area contributed by atoms with Crippen LogP contribution < -0.4 is 5.32 Å². The van der Waals surface area contributed by atoms with Crippen molar-refractivity contribution in [3.05, 3.63) is 53.6 Å². The Bertz CT molecular complexity index is 641. The molecule has 1 unspecified atom stereocenters. The summed E-state index contributed by atoms with van der Waals surface area (Å²) in [5.41, 5.74) is 1.52. The average molecular weight is 325 g/mol. The van der Waals surface area contributed by atoms with Gasteiger partial charge >= 0.3 is 5.97 Å². The van der Waals surface area contributed by atoms with Crippen molar-refractivity contribution in [1.82, 2.24) is 5.32 Å². The van der Waals surface area contributed by atoms with Crippen molar-refractivity contribution in [3.8, 4) is 0 Å². The third kappa shape index (κ3) is 5.08. The molecule has 1 aromatic rings. The van der Waals surface area contributed by atoms with E-state index in [1.165, 1.54) is 6.08 Å². The van der Waals surface area contributed by atoms with Crippen molar-refractivity contribution in [1.29, 1.82) is 0 Å². The Hall–Kier alpha value is -2.36. The summed E-state index contributed by atoms with van der Waals surface area (Å²) in [6, 6.07) is 7.56. The maximum absolute atomic E-state index is 11.9. The number of nitrogens with one attached hydrogen (secondary N) is 1. The summed E-state index contributed by atoms with van der Waals surface area (Å²) in [7, 11) is 0. The Morgan fingerprint density at radius 3 is 2.58 bits per heavy atom. The van der Waals surface area contributed by atoms with Gasteiger partial charge < -0.3 is 10.1 Å².